The van der Waals surface area contributed by atoms with Gasteiger partial charge in [0.05, 0.1) is 10.2 Å². The molecule has 0 aliphatic heterocycles. The molecule has 8 heteroatoms. The summed E-state index contributed by atoms with van der Waals surface area (Å²) < 4.78 is 40.8. The number of ether oxygens (including phenoxy) is 1. The predicted octanol–water partition coefficient (Wildman–Crippen LogP) is 3.54. The fraction of sp³-hybridized carbons (Fsp3) is 0.125. The van der Waals surface area contributed by atoms with Crippen molar-refractivity contribution in [3.63, 3.8) is 0 Å². The smallest absolute Gasteiger partial charge is 0.406 e. The van der Waals surface area contributed by atoms with E-state index in [9.17, 15) is 13.2 Å². The number of thiazole rings is 1. The van der Waals surface area contributed by atoms with Crippen LogP contribution < -0.4 is 10.5 Å². The van der Waals surface area contributed by atoms with E-state index in [4.69, 9.17) is 5.73 Å². The maximum Gasteiger partial charge on any atom is 0.573 e. The van der Waals surface area contributed by atoms with Gasteiger partial charge in [-0.1, -0.05) is 11.3 Å². The van der Waals surface area contributed by atoms with Gasteiger partial charge in [-0.15, -0.1) is 13.2 Å². The quantitative estimate of drug-likeness (QED) is 0.876. The number of nitrogen functional groups attached to an aromatic ring is 1. The first kappa shape index (κ1) is 11.5. The zero-order valence-corrected chi connectivity index (χ0v) is 9.91. The Labute approximate surface area is 100 Å². The molecule has 86 valence electrons. The number of nitrogens with two attached hydrogens (primary N) is 1. The summed E-state index contributed by atoms with van der Waals surface area (Å²) in [5.74, 6) is -0.296. The van der Waals surface area contributed by atoms with Crippen LogP contribution in [0, 0.1) is 0 Å². The van der Waals surface area contributed by atoms with E-state index < -0.39 is 6.36 Å². The van der Waals surface area contributed by atoms with Crippen molar-refractivity contribution in [2.24, 2.45) is 0 Å². The fourth-order valence-electron chi connectivity index (χ4n) is 1.17. The van der Waals surface area contributed by atoms with Crippen molar-refractivity contribution in [2.75, 3.05) is 5.73 Å². The van der Waals surface area contributed by atoms with Gasteiger partial charge < -0.3 is 10.5 Å². The third-order valence-electron chi connectivity index (χ3n) is 1.67. The number of hydrogen-bond donors (Lipinski definition) is 1. The second-order valence-corrected chi connectivity index (χ2v) is 4.77. The molecule has 0 atom stereocenters. The normalized spacial score (nSPS) is 12.0. The van der Waals surface area contributed by atoms with Crippen molar-refractivity contribution in [3.8, 4) is 5.75 Å². The molecule has 0 fully saturated rings. The zero-order chi connectivity index (χ0) is 11.9. The summed E-state index contributed by atoms with van der Waals surface area (Å²) in [4.78, 5) is 3.96. The number of rotatable bonds is 1. The third kappa shape index (κ3) is 2.38. The molecule has 2 aromatic rings. The summed E-state index contributed by atoms with van der Waals surface area (Å²) >= 11 is 4.21. The first-order valence-corrected chi connectivity index (χ1v) is 5.57. The summed E-state index contributed by atoms with van der Waals surface area (Å²) in [5, 5.41) is 0.292. The Morgan fingerprint density at radius 1 is 1.38 bits per heavy atom. The molecule has 0 bridgehead atoms. The van der Waals surface area contributed by atoms with Crippen LogP contribution in [0.25, 0.3) is 10.2 Å². The minimum atomic E-state index is -4.71. The molecule has 0 amide bonds. The lowest BCUT2D eigenvalue weighted by Crippen LogP contribution is -2.17. The average Bonchev–Trinajstić information content (AvgIpc) is 2.42. The molecule has 0 saturated heterocycles. The Bertz CT molecular complexity index is 540. The second-order valence-electron chi connectivity index (χ2n) is 2.85. The number of anilines is 1. The molecule has 0 saturated carbocycles. The summed E-state index contributed by atoms with van der Waals surface area (Å²) in [6, 6.07) is 2.45. The molecule has 0 unspecified atom stereocenters. The molecule has 2 N–H and O–H groups in total. The Hall–Kier alpha value is -1.02. The van der Waals surface area contributed by atoms with E-state index in [1.807, 2.05) is 0 Å². The van der Waals surface area contributed by atoms with E-state index in [1.54, 1.807) is 0 Å². The standard InChI is InChI=1S/C8H4BrF3N2OS/c9-4-1-3(15-8(10,11)12)2-5-6(4)14-7(13)16-5/h1-2H,(H2,13,14). The Morgan fingerprint density at radius 2 is 2.06 bits per heavy atom. The van der Waals surface area contributed by atoms with Crippen molar-refractivity contribution >= 4 is 42.6 Å². The van der Waals surface area contributed by atoms with Gasteiger partial charge in [0.1, 0.15) is 5.75 Å². The highest BCUT2D eigenvalue weighted by atomic mass is 79.9. The number of fused-ring (bicyclic) bond motifs is 1. The molecule has 0 aliphatic rings. The van der Waals surface area contributed by atoms with Crippen LogP contribution in [-0.2, 0) is 0 Å². The molecule has 1 aromatic carbocycles. The van der Waals surface area contributed by atoms with Crippen LogP contribution in [0.1, 0.15) is 0 Å². The molecule has 0 radical (unpaired) electrons. The van der Waals surface area contributed by atoms with Gasteiger partial charge in [-0.25, -0.2) is 4.98 Å². The number of benzene rings is 1. The maximum absolute atomic E-state index is 12.0. The second kappa shape index (κ2) is 3.77. The minimum Gasteiger partial charge on any atom is -0.406 e. The van der Waals surface area contributed by atoms with E-state index in [0.29, 0.717) is 19.8 Å². The van der Waals surface area contributed by atoms with E-state index in [1.165, 1.54) is 12.1 Å². The van der Waals surface area contributed by atoms with Crippen molar-refractivity contribution in [3.05, 3.63) is 16.6 Å². The van der Waals surface area contributed by atoms with Crippen molar-refractivity contribution in [1.29, 1.82) is 0 Å². The van der Waals surface area contributed by atoms with Crippen LogP contribution in [0.5, 0.6) is 5.75 Å². The van der Waals surface area contributed by atoms with Crippen LogP contribution in [0.3, 0.4) is 0 Å². The minimum absolute atomic E-state index is 0.292. The highest BCUT2D eigenvalue weighted by Crippen LogP contribution is 2.35. The van der Waals surface area contributed by atoms with E-state index in [2.05, 4.69) is 25.7 Å². The monoisotopic (exact) mass is 312 g/mol. The summed E-state index contributed by atoms with van der Waals surface area (Å²) in [7, 11) is 0. The number of halogens is 4. The molecule has 1 heterocycles. The highest BCUT2D eigenvalue weighted by molar-refractivity contribution is 9.10. The molecule has 16 heavy (non-hydrogen) atoms. The summed E-state index contributed by atoms with van der Waals surface area (Å²) in [6.07, 6.45) is -4.71. The fourth-order valence-corrected chi connectivity index (χ4v) is 2.62. The lowest BCUT2D eigenvalue weighted by molar-refractivity contribution is -0.274. The first-order valence-electron chi connectivity index (χ1n) is 3.96. The van der Waals surface area contributed by atoms with E-state index >= 15 is 0 Å². The lowest BCUT2D eigenvalue weighted by atomic mass is 10.3. The van der Waals surface area contributed by atoms with Gasteiger partial charge in [0, 0.05) is 10.5 Å². The van der Waals surface area contributed by atoms with Gasteiger partial charge in [-0.05, 0) is 22.0 Å². The van der Waals surface area contributed by atoms with Crippen molar-refractivity contribution in [2.45, 2.75) is 6.36 Å². The Morgan fingerprint density at radius 3 is 2.69 bits per heavy atom. The molecule has 0 aliphatic carbocycles. The number of hydrogen-bond acceptors (Lipinski definition) is 4. The topological polar surface area (TPSA) is 48.1 Å². The molecule has 3 nitrogen and oxygen atoms in total. The van der Waals surface area contributed by atoms with Crippen molar-refractivity contribution in [1.82, 2.24) is 4.98 Å². The molecule has 0 spiro atoms. The van der Waals surface area contributed by atoms with Crippen LogP contribution in [0.4, 0.5) is 18.3 Å². The van der Waals surface area contributed by atoms with Crippen LogP contribution in [0.15, 0.2) is 16.6 Å². The van der Waals surface area contributed by atoms with Gasteiger partial charge in [-0.2, -0.15) is 0 Å². The predicted molar refractivity (Wildman–Crippen MR) is 58.4 cm³/mol. The molecular weight excluding hydrogens is 309 g/mol. The average molecular weight is 313 g/mol. The summed E-state index contributed by atoms with van der Waals surface area (Å²) in [5.41, 5.74) is 5.99. The van der Waals surface area contributed by atoms with Gasteiger partial charge >= 0.3 is 6.36 Å². The molecule has 1 aromatic heterocycles. The van der Waals surface area contributed by atoms with Gasteiger partial charge in [0.25, 0.3) is 0 Å². The summed E-state index contributed by atoms with van der Waals surface area (Å²) in [6.45, 7) is 0. The lowest BCUT2D eigenvalue weighted by Gasteiger charge is -2.08. The van der Waals surface area contributed by atoms with Gasteiger partial charge in [0.2, 0.25) is 0 Å². The Balaban J connectivity index is 2.49. The Kier molecular flexibility index (Phi) is 2.70. The van der Waals surface area contributed by atoms with Crippen LogP contribution in [-0.4, -0.2) is 11.3 Å². The maximum atomic E-state index is 12.0. The van der Waals surface area contributed by atoms with Crippen LogP contribution >= 0.6 is 27.3 Å². The SMILES string of the molecule is Nc1nc2c(Br)cc(OC(F)(F)F)cc2s1. The third-order valence-corrected chi connectivity index (χ3v) is 3.11. The highest BCUT2D eigenvalue weighted by Gasteiger charge is 2.31. The zero-order valence-electron chi connectivity index (χ0n) is 7.51. The van der Waals surface area contributed by atoms with E-state index in [0.717, 1.165) is 11.3 Å². The number of nitrogens with zero attached hydrogens (tertiary/aromatic N) is 1. The number of aromatic nitrogens is 1. The first-order chi connectivity index (χ1) is 7.35. The largest absolute Gasteiger partial charge is 0.573 e. The number of alkyl halides is 3. The molecular formula is C8H4BrF3N2OS. The van der Waals surface area contributed by atoms with Crippen LogP contribution in [0.2, 0.25) is 0 Å². The van der Waals surface area contributed by atoms with Gasteiger partial charge in [0.15, 0.2) is 5.13 Å². The van der Waals surface area contributed by atoms with Gasteiger partial charge in [-0.3, -0.25) is 0 Å². The molecule has 2 rings (SSSR count). The van der Waals surface area contributed by atoms with Crippen molar-refractivity contribution < 1.29 is 17.9 Å². The van der Waals surface area contributed by atoms with E-state index in [-0.39, 0.29) is 5.75 Å².